The first-order valence-corrected chi connectivity index (χ1v) is 9.67. The van der Waals surface area contributed by atoms with Gasteiger partial charge in [-0.2, -0.15) is 0 Å². The number of thiophene rings is 1. The van der Waals surface area contributed by atoms with Crippen molar-refractivity contribution in [3.63, 3.8) is 0 Å². The molecule has 1 saturated heterocycles. The molecule has 138 valence electrons. The Labute approximate surface area is 163 Å². The fourth-order valence-corrected chi connectivity index (χ4v) is 4.57. The normalized spacial score (nSPS) is 14.2. The quantitative estimate of drug-likeness (QED) is 0.669. The molecule has 2 heterocycles. The van der Waals surface area contributed by atoms with Gasteiger partial charge in [0.1, 0.15) is 4.88 Å². The number of methoxy groups -OCH3 is 1. The molecule has 2 aromatic rings. The number of amides is 1. The summed E-state index contributed by atoms with van der Waals surface area (Å²) in [5.41, 5.74) is 0.966. The standard InChI is InChI=1S/C18H18BrNO5S/c1-23-13(21)11-25-15-14(19)16(12-5-3-2-4-6-12)26-17(15)18(22)20-7-9-24-10-8-20/h2-6H,7-11H2,1H3. The van der Waals surface area contributed by atoms with E-state index in [1.807, 2.05) is 30.3 Å². The lowest BCUT2D eigenvalue weighted by Crippen LogP contribution is -2.40. The van der Waals surface area contributed by atoms with Crippen LogP contribution in [-0.2, 0) is 14.3 Å². The zero-order valence-corrected chi connectivity index (χ0v) is 16.6. The van der Waals surface area contributed by atoms with Crippen LogP contribution in [0.5, 0.6) is 5.75 Å². The van der Waals surface area contributed by atoms with Gasteiger partial charge in [-0.3, -0.25) is 4.79 Å². The summed E-state index contributed by atoms with van der Waals surface area (Å²) >= 11 is 4.89. The van der Waals surface area contributed by atoms with Crippen LogP contribution in [0.15, 0.2) is 34.8 Å². The van der Waals surface area contributed by atoms with Gasteiger partial charge in [0.25, 0.3) is 5.91 Å². The number of benzene rings is 1. The van der Waals surface area contributed by atoms with E-state index in [0.29, 0.717) is 41.4 Å². The third-order valence-electron chi connectivity index (χ3n) is 3.90. The first-order chi connectivity index (χ1) is 12.6. The fourth-order valence-electron chi connectivity index (χ4n) is 2.54. The molecule has 3 rings (SSSR count). The van der Waals surface area contributed by atoms with E-state index in [1.165, 1.54) is 18.4 Å². The lowest BCUT2D eigenvalue weighted by atomic mass is 10.2. The van der Waals surface area contributed by atoms with E-state index in [4.69, 9.17) is 9.47 Å². The number of nitrogens with zero attached hydrogens (tertiary/aromatic N) is 1. The van der Waals surface area contributed by atoms with Gasteiger partial charge >= 0.3 is 5.97 Å². The molecule has 8 heteroatoms. The number of rotatable bonds is 5. The molecule has 6 nitrogen and oxygen atoms in total. The van der Waals surface area contributed by atoms with Crippen molar-refractivity contribution in [2.45, 2.75) is 0 Å². The smallest absolute Gasteiger partial charge is 0.343 e. The molecule has 0 N–H and O–H groups in total. The van der Waals surface area contributed by atoms with Crippen molar-refractivity contribution in [1.29, 1.82) is 0 Å². The number of hydrogen-bond acceptors (Lipinski definition) is 6. The largest absolute Gasteiger partial charge is 0.479 e. The van der Waals surface area contributed by atoms with Crippen LogP contribution in [0.1, 0.15) is 9.67 Å². The van der Waals surface area contributed by atoms with Crippen molar-refractivity contribution in [3.05, 3.63) is 39.7 Å². The summed E-state index contributed by atoms with van der Waals surface area (Å²) in [4.78, 5) is 27.6. The number of carbonyl (C=O) groups excluding carboxylic acids is 2. The number of esters is 1. The summed E-state index contributed by atoms with van der Waals surface area (Å²) in [6.07, 6.45) is 0. The minimum atomic E-state index is -0.505. The van der Waals surface area contributed by atoms with Crippen LogP contribution in [0.2, 0.25) is 0 Å². The summed E-state index contributed by atoms with van der Waals surface area (Å²) in [5, 5.41) is 0. The molecule has 0 spiro atoms. The van der Waals surface area contributed by atoms with Crippen LogP contribution in [0.4, 0.5) is 0 Å². The molecule has 1 aromatic carbocycles. The van der Waals surface area contributed by atoms with Gasteiger partial charge in [-0.25, -0.2) is 4.79 Å². The lowest BCUT2D eigenvalue weighted by Gasteiger charge is -2.26. The van der Waals surface area contributed by atoms with Crippen LogP contribution in [0.25, 0.3) is 10.4 Å². The van der Waals surface area contributed by atoms with Crippen molar-refractivity contribution < 1.29 is 23.8 Å². The number of hydrogen-bond donors (Lipinski definition) is 0. The monoisotopic (exact) mass is 439 g/mol. The maximum atomic E-state index is 13.0. The molecule has 1 fully saturated rings. The van der Waals surface area contributed by atoms with E-state index in [1.54, 1.807) is 4.90 Å². The summed E-state index contributed by atoms with van der Waals surface area (Å²) < 4.78 is 16.3. The van der Waals surface area contributed by atoms with Crippen molar-refractivity contribution in [2.75, 3.05) is 40.0 Å². The third kappa shape index (κ3) is 4.08. The van der Waals surface area contributed by atoms with Crippen LogP contribution in [0.3, 0.4) is 0 Å². The first-order valence-electron chi connectivity index (χ1n) is 8.06. The summed E-state index contributed by atoms with van der Waals surface area (Å²) in [5.74, 6) is -0.258. The zero-order chi connectivity index (χ0) is 18.5. The van der Waals surface area contributed by atoms with Crippen LogP contribution in [-0.4, -0.2) is 56.8 Å². The van der Waals surface area contributed by atoms with Crippen molar-refractivity contribution in [3.8, 4) is 16.2 Å². The molecule has 26 heavy (non-hydrogen) atoms. The van der Waals surface area contributed by atoms with Gasteiger partial charge in [-0.15, -0.1) is 11.3 Å². The van der Waals surface area contributed by atoms with E-state index in [0.717, 1.165) is 10.4 Å². The second-order valence-electron chi connectivity index (χ2n) is 5.54. The summed E-state index contributed by atoms with van der Waals surface area (Å²) in [6, 6.07) is 9.71. The van der Waals surface area contributed by atoms with Crippen LogP contribution in [0, 0.1) is 0 Å². The Morgan fingerprint density at radius 3 is 2.58 bits per heavy atom. The van der Waals surface area contributed by atoms with Gasteiger partial charge in [-0.1, -0.05) is 30.3 Å². The zero-order valence-electron chi connectivity index (χ0n) is 14.2. The van der Waals surface area contributed by atoms with Gasteiger partial charge < -0.3 is 19.1 Å². The SMILES string of the molecule is COC(=O)COc1c(C(=O)N2CCOCC2)sc(-c2ccccc2)c1Br. The molecule has 0 unspecified atom stereocenters. The minimum absolute atomic E-state index is 0.124. The number of ether oxygens (including phenoxy) is 3. The van der Waals surface area contributed by atoms with Gasteiger partial charge in [0, 0.05) is 13.1 Å². The van der Waals surface area contributed by atoms with E-state index in [9.17, 15) is 9.59 Å². The Morgan fingerprint density at radius 1 is 1.23 bits per heavy atom. The molecule has 0 radical (unpaired) electrons. The topological polar surface area (TPSA) is 65.1 Å². The van der Waals surface area contributed by atoms with Crippen LogP contribution < -0.4 is 4.74 Å². The van der Waals surface area contributed by atoms with Gasteiger partial charge in [-0.05, 0) is 21.5 Å². The predicted octanol–water partition coefficient (Wildman–Crippen LogP) is 3.20. The molecule has 1 aliphatic rings. The minimum Gasteiger partial charge on any atom is -0.479 e. The Balaban J connectivity index is 1.97. The number of carbonyl (C=O) groups is 2. The van der Waals surface area contributed by atoms with E-state index in [-0.39, 0.29) is 12.5 Å². The fraction of sp³-hybridized carbons (Fsp3) is 0.333. The highest BCUT2D eigenvalue weighted by Crippen LogP contribution is 2.46. The third-order valence-corrected chi connectivity index (χ3v) is 6.13. The Bertz CT molecular complexity index is 786. The molecular weight excluding hydrogens is 422 g/mol. The van der Waals surface area contributed by atoms with Gasteiger partial charge in [0.05, 0.1) is 29.7 Å². The molecule has 0 bridgehead atoms. The average molecular weight is 440 g/mol. The van der Waals surface area contributed by atoms with Gasteiger partial charge in [0.2, 0.25) is 0 Å². The highest BCUT2D eigenvalue weighted by Gasteiger charge is 2.28. The van der Waals surface area contributed by atoms with Gasteiger partial charge in [0.15, 0.2) is 12.4 Å². The molecule has 1 aromatic heterocycles. The molecule has 0 atom stereocenters. The van der Waals surface area contributed by atoms with Crippen LogP contribution >= 0.6 is 27.3 Å². The predicted molar refractivity (Wildman–Crippen MR) is 102 cm³/mol. The molecule has 0 saturated carbocycles. The lowest BCUT2D eigenvalue weighted by molar-refractivity contribution is -0.142. The van der Waals surface area contributed by atoms with E-state index in [2.05, 4.69) is 20.7 Å². The maximum Gasteiger partial charge on any atom is 0.343 e. The average Bonchev–Trinajstić information content (AvgIpc) is 3.03. The van der Waals surface area contributed by atoms with Crippen molar-refractivity contribution in [2.24, 2.45) is 0 Å². The molecule has 1 aliphatic heterocycles. The number of morpholine rings is 1. The second-order valence-corrected chi connectivity index (χ2v) is 7.35. The summed E-state index contributed by atoms with van der Waals surface area (Å²) in [7, 11) is 1.30. The van der Waals surface area contributed by atoms with Crippen molar-refractivity contribution in [1.82, 2.24) is 4.90 Å². The second kappa shape index (κ2) is 8.66. The van der Waals surface area contributed by atoms with Crippen molar-refractivity contribution >= 4 is 39.1 Å². The highest BCUT2D eigenvalue weighted by molar-refractivity contribution is 9.10. The Kier molecular flexibility index (Phi) is 6.29. The van der Waals surface area contributed by atoms with E-state index < -0.39 is 5.97 Å². The number of halogens is 1. The Hall–Kier alpha value is -1.90. The molecular formula is C18H18BrNO5S. The molecule has 0 aliphatic carbocycles. The maximum absolute atomic E-state index is 13.0. The Morgan fingerprint density at radius 2 is 1.92 bits per heavy atom. The molecule has 1 amide bonds. The summed E-state index contributed by atoms with van der Waals surface area (Å²) in [6.45, 7) is 1.84. The highest BCUT2D eigenvalue weighted by atomic mass is 79.9. The first kappa shape index (κ1) is 18.9. The van der Waals surface area contributed by atoms with E-state index >= 15 is 0 Å².